The number of hydrogen-bond donors (Lipinski definition) is 1. The number of aromatic nitrogens is 4. The van der Waals surface area contributed by atoms with Crippen LogP contribution < -0.4 is 5.32 Å². The molecular formula is C19H26ClFN6O. The Morgan fingerprint density at radius 2 is 2.00 bits per heavy atom. The highest BCUT2D eigenvalue weighted by Gasteiger charge is 2.34. The van der Waals surface area contributed by atoms with Crippen molar-refractivity contribution in [1.82, 2.24) is 30.4 Å². The Kier molecular flexibility index (Phi) is 6.61. The van der Waals surface area contributed by atoms with Gasteiger partial charge in [0.05, 0.1) is 0 Å². The van der Waals surface area contributed by atoms with Gasteiger partial charge in [0.1, 0.15) is 17.7 Å². The van der Waals surface area contributed by atoms with Gasteiger partial charge < -0.3 is 10.2 Å². The van der Waals surface area contributed by atoms with E-state index in [1.807, 2.05) is 11.0 Å². The van der Waals surface area contributed by atoms with E-state index in [2.05, 4.69) is 20.8 Å². The Morgan fingerprint density at radius 1 is 1.29 bits per heavy atom. The van der Waals surface area contributed by atoms with Crippen LogP contribution in [0.15, 0.2) is 24.3 Å². The first kappa shape index (κ1) is 20.7. The van der Waals surface area contributed by atoms with Gasteiger partial charge in [0.2, 0.25) is 5.91 Å². The first-order chi connectivity index (χ1) is 13.1. The van der Waals surface area contributed by atoms with E-state index in [4.69, 9.17) is 0 Å². The van der Waals surface area contributed by atoms with Crippen LogP contribution in [0.3, 0.4) is 0 Å². The molecule has 0 radical (unpaired) electrons. The molecule has 1 aromatic carbocycles. The van der Waals surface area contributed by atoms with Gasteiger partial charge in [0, 0.05) is 19.5 Å². The van der Waals surface area contributed by atoms with Crippen LogP contribution in [-0.2, 0) is 11.2 Å². The van der Waals surface area contributed by atoms with Crippen LogP contribution >= 0.6 is 12.4 Å². The van der Waals surface area contributed by atoms with Gasteiger partial charge >= 0.3 is 0 Å². The first-order valence-corrected chi connectivity index (χ1v) is 9.60. The van der Waals surface area contributed by atoms with Crippen LogP contribution in [0.4, 0.5) is 4.39 Å². The lowest BCUT2D eigenvalue weighted by Gasteiger charge is -2.27. The molecule has 1 aromatic heterocycles. The summed E-state index contributed by atoms with van der Waals surface area (Å²) in [6, 6.07) is 5.82. The number of nitrogens with zero attached hydrogens (tertiary/aromatic N) is 5. The van der Waals surface area contributed by atoms with Gasteiger partial charge in [-0.15, -0.1) is 17.5 Å². The molecule has 2 fully saturated rings. The number of carbonyl (C=O) groups is 1. The lowest BCUT2D eigenvalue weighted by atomic mass is 9.92. The summed E-state index contributed by atoms with van der Waals surface area (Å²) in [5.74, 6) is 1.60. The number of halogens is 2. The third-order valence-electron chi connectivity index (χ3n) is 5.89. The second kappa shape index (κ2) is 8.96. The summed E-state index contributed by atoms with van der Waals surface area (Å²) in [5.41, 5.74) is 0.763. The topological polar surface area (TPSA) is 75.9 Å². The van der Waals surface area contributed by atoms with Crippen molar-refractivity contribution < 1.29 is 9.18 Å². The predicted octanol–water partition coefficient (Wildman–Crippen LogP) is 1.78. The quantitative estimate of drug-likeness (QED) is 0.834. The van der Waals surface area contributed by atoms with E-state index in [9.17, 15) is 9.18 Å². The lowest BCUT2D eigenvalue weighted by Crippen LogP contribution is -2.40. The summed E-state index contributed by atoms with van der Waals surface area (Å²) in [4.78, 5) is 15.4. The maximum absolute atomic E-state index is 13.6. The van der Waals surface area contributed by atoms with Crippen LogP contribution in [0.2, 0.25) is 0 Å². The Morgan fingerprint density at radius 3 is 2.61 bits per heavy atom. The zero-order chi connectivity index (χ0) is 18.8. The molecule has 2 aliphatic rings. The van der Waals surface area contributed by atoms with Crippen molar-refractivity contribution in [2.75, 3.05) is 26.2 Å². The number of fused-ring (bicyclic) bond motifs is 1. The molecule has 0 spiro atoms. The van der Waals surface area contributed by atoms with Gasteiger partial charge in [-0.25, -0.2) is 9.07 Å². The van der Waals surface area contributed by atoms with Crippen molar-refractivity contribution >= 4 is 18.3 Å². The van der Waals surface area contributed by atoms with E-state index in [1.165, 1.54) is 12.1 Å². The summed E-state index contributed by atoms with van der Waals surface area (Å²) >= 11 is 0. The van der Waals surface area contributed by atoms with E-state index in [-0.39, 0.29) is 24.1 Å². The molecule has 4 rings (SSSR count). The molecule has 1 unspecified atom stereocenters. The number of rotatable bonds is 4. The molecule has 0 bridgehead atoms. The fourth-order valence-electron chi connectivity index (χ4n) is 4.34. The first-order valence-electron chi connectivity index (χ1n) is 9.60. The molecule has 2 aliphatic heterocycles. The summed E-state index contributed by atoms with van der Waals surface area (Å²) < 4.78 is 15.2. The third kappa shape index (κ3) is 4.33. The molecule has 7 nitrogen and oxygen atoms in total. The molecular weight excluding hydrogens is 383 g/mol. The maximum Gasteiger partial charge on any atom is 0.247 e. The van der Waals surface area contributed by atoms with E-state index < -0.39 is 6.04 Å². The molecule has 0 saturated carbocycles. The number of benzene rings is 1. The number of hydrogen-bond acceptors (Lipinski definition) is 5. The SMILES string of the molecule is Cc1nnnn1C(Cc1cccc(F)c1)C(=O)N1CC[C@@H]2CNC[C@@H]2CC1.Cl. The second-order valence-corrected chi connectivity index (χ2v) is 7.60. The number of tetrazole rings is 1. The van der Waals surface area contributed by atoms with Crippen molar-refractivity contribution in [1.29, 1.82) is 0 Å². The second-order valence-electron chi connectivity index (χ2n) is 7.60. The Balaban J connectivity index is 0.00000225. The number of likely N-dealkylation sites (tertiary alicyclic amines) is 1. The van der Waals surface area contributed by atoms with Crippen LogP contribution in [0.5, 0.6) is 0 Å². The smallest absolute Gasteiger partial charge is 0.247 e. The van der Waals surface area contributed by atoms with Crippen LogP contribution in [0.1, 0.15) is 30.3 Å². The largest absolute Gasteiger partial charge is 0.341 e. The van der Waals surface area contributed by atoms with Crippen molar-refractivity contribution in [3.05, 3.63) is 41.5 Å². The fraction of sp³-hybridized carbons (Fsp3) is 0.579. The standard InChI is InChI=1S/C19H25FN6O.ClH/c1-13-22-23-24-26(13)18(10-14-3-2-4-17(20)9-14)19(27)25-7-5-15-11-21-12-16(15)6-8-25;/h2-4,9,15-16,18,21H,5-8,10-12H2,1H3;1H/t15-,16+,18?;. The highest BCUT2D eigenvalue weighted by atomic mass is 35.5. The number of amides is 1. The summed E-state index contributed by atoms with van der Waals surface area (Å²) in [5, 5.41) is 15.1. The van der Waals surface area contributed by atoms with E-state index in [1.54, 1.807) is 17.7 Å². The predicted molar refractivity (Wildman–Crippen MR) is 105 cm³/mol. The average molecular weight is 409 g/mol. The molecule has 2 saturated heterocycles. The molecule has 1 amide bonds. The number of nitrogens with one attached hydrogen (secondary N) is 1. The van der Waals surface area contributed by atoms with Crippen molar-refractivity contribution in [2.45, 2.75) is 32.2 Å². The van der Waals surface area contributed by atoms with E-state index in [0.717, 1.165) is 44.6 Å². The molecule has 28 heavy (non-hydrogen) atoms. The maximum atomic E-state index is 13.6. The third-order valence-corrected chi connectivity index (χ3v) is 5.89. The van der Waals surface area contributed by atoms with Crippen molar-refractivity contribution in [2.24, 2.45) is 11.8 Å². The van der Waals surface area contributed by atoms with E-state index >= 15 is 0 Å². The monoisotopic (exact) mass is 408 g/mol. The minimum atomic E-state index is -0.558. The Bertz CT molecular complexity index is 801. The van der Waals surface area contributed by atoms with Gasteiger partial charge in [-0.05, 0) is 72.8 Å². The summed E-state index contributed by atoms with van der Waals surface area (Å²) in [7, 11) is 0. The average Bonchev–Trinajstić information content (AvgIpc) is 3.23. The fourth-order valence-corrected chi connectivity index (χ4v) is 4.34. The van der Waals surface area contributed by atoms with Gasteiger partial charge in [0.25, 0.3) is 0 Å². The van der Waals surface area contributed by atoms with Crippen molar-refractivity contribution in [3.63, 3.8) is 0 Å². The lowest BCUT2D eigenvalue weighted by molar-refractivity contribution is -0.135. The molecule has 9 heteroatoms. The highest BCUT2D eigenvalue weighted by molar-refractivity contribution is 5.85. The zero-order valence-corrected chi connectivity index (χ0v) is 16.7. The van der Waals surface area contributed by atoms with Crippen LogP contribution in [0, 0.1) is 24.6 Å². The van der Waals surface area contributed by atoms with Gasteiger partial charge in [0.15, 0.2) is 0 Å². The number of carbonyl (C=O) groups excluding carboxylic acids is 1. The molecule has 3 heterocycles. The van der Waals surface area contributed by atoms with E-state index in [0.29, 0.717) is 24.1 Å². The Hall–Kier alpha value is -2.06. The van der Waals surface area contributed by atoms with Gasteiger partial charge in [-0.2, -0.15) is 0 Å². The zero-order valence-electron chi connectivity index (χ0n) is 15.9. The summed E-state index contributed by atoms with van der Waals surface area (Å²) in [6.45, 7) is 5.38. The Labute approximate surface area is 170 Å². The molecule has 152 valence electrons. The van der Waals surface area contributed by atoms with Crippen LogP contribution in [0.25, 0.3) is 0 Å². The normalized spacial score (nSPS) is 22.9. The molecule has 0 aliphatic carbocycles. The minimum absolute atomic E-state index is 0. The molecule has 3 atom stereocenters. The van der Waals surface area contributed by atoms with Gasteiger partial charge in [-0.1, -0.05) is 12.1 Å². The van der Waals surface area contributed by atoms with Crippen molar-refractivity contribution in [3.8, 4) is 0 Å². The van der Waals surface area contributed by atoms with Crippen LogP contribution in [-0.4, -0.2) is 57.2 Å². The summed E-state index contributed by atoms with van der Waals surface area (Å²) in [6.07, 6.45) is 2.41. The molecule has 2 aromatic rings. The van der Waals surface area contributed by atoms with Gasteiger partial charge in [-0.3, -0.25) is 4.79 Å². The minimum Gasteiger partial charge on any atom is -0.341 e. The molecule has 1 N–H and O–H groups in total. The number of aryl methyl sites for hydroxylation is 1. The highest BCUT2D eigenvalue weighted by Crippen LogP contribution is 2.28.